The number of rotatable bonds is 21. The highest BCUT2D eigenvalue weighted by molar-refractivity contribution is 7.89. The maximum absolute atomic E-state index is 13.9. The molecule has 0 heterocycles. The first-order valence-corrected chi connectivity index (χ1v) is 19.9. The smallest absolute Gasteiger partial charge is 0.335 e. The Morgan fingerprint density at radius 2 is 1.29 bits per heavy atom. The maximum atomic E-state index is 13.9. The van der Waals surface area contributed by atoms with Gasteiger partial charge in [-0.25, -0.2) is 8.42 Å². The lowest BCUT2D eigenvalue weighted by Crippen LogP contribution is -2.36. The molecule has 1 atom stereocenters. The largest absolute Gasteiger partial charge is 0.383 e. The molecule has 11 heteroatoms. The fourth-order valence-corrected chi connectivity index (χ4v) is 8.49. The van der Waals surface area contributed by atoms with Crippen molar-refractivity contribution in [3.05, 3.63) is 131 Å². The van der Waals surface area contributed by atoms with Gasteiger partial charge in [0, 0.05) is 38.5 Å². The van der Waals surface area contributed by atoms with Gasteiger partial charge in [0.05, 0.1) is 30.9 Å². The number of benzene rings is 4. The zero-order chi connectivity index (χ0) is 35.1. The second-order valence-electron chi connectivity index (χ2n) is 12.6. The Morgan fingerprint density at radius 3 is 1.82 bits per heavy atom. The van der Waals surface area contributed by atoms with Crippen LogP contribution in [0.4, 0.5) is 5.69 Å². The van der Waals surface area contributed by atoms with E-state index >= 15 is 0 Å². The topological polar surface area (TPSA) is 120 Å². The van der Waals surface area contributed by atoms with Crippen LogP contribution in [0.15, 0.2) is 114 Å². The Bertz CT molecular complexity index is 1640. The van der Waals surface area contributed by atoms with E-state index in [2.05, 4.69) is 5.32 Å². The minimum absolute atomic E-state index is 0.138. The fraction of sp³-hybridized carbons (Fsp3) is 0.368. The number of anilines is 1. The summed E-state index contributed by atoms with van der Waals surface area (Å²) in [4.78, 5) is 0.282. The molecule has 0 saturated carbocycles. The summed E-state index contributed by atoms with van der Waals surface area (Å²) >= 11 is 0. The Morgan fingerprint density at radius 1 is 0.755 bits per heavy atom. The molecule has 0 aliphatic rings. The van der Waals surface area contributed by atoms with E-state index in [0.29, 0.717) is 39.1 Å². The lowest BCUT2D eigenvalue weighted by atomic mass is 10.1. The number of sulfonamides is 1. The molecule has 4 aromatic rings. The molecule has 264 valence electrons. The lowest BCUT2D eigenvalue weighted by molar-refractivity contribution is 0.185. The molecule has 0 spiro atoms. The Labute approximate surface area is 292 Å². The van der Waals surface area contributed by atoms with Gasteiger partial charge in [0.1, 0.15) is 0 Å². The summed E-state index contributed by atoms with van der Waals surface area (Å²) in [5.74, 6) is 0.181. The first-order chi connectivity index (χ1) is 23.6. The van der Waals surface area contributed by atoms with Gasteiger partial charge in [0.15, 0.2) is 0 Å². The van der Waals surface area contributed by atoms with Crippen LogP contribution in [-0.2, 0) is 54.4 Å². The van der Waals surface area contributed by atoms with Gasteiger partial charge in [-0.1, -0.05) is 98.8 Å². The monoisotopic (exact) mass is 707 g/mol. The van der Waals surface area contributed by atoms with Crippen molar-refractivity contribution in [1.82, 2.24) is 4.31 Å². The normalized spacial score (nSPS) is 12.8. The molecule has 0 aliphatic carbocycles. The zero-order valence-corrected chi connectivity index (χ0v) is 30.5. The van der Waals surface area contributed by atoms with Crippen molar-refractivity contribution < 1.29 is 26.8 Å². The van der Waals surface area contributed by atoms with Crippen molar-refractivity contribution in [3.63, 3.8) is 0 Å². The van der Waals surface area contributed by atoms with Crippen LogP contribution in [0.5, 0.6) is 0 Å². The van der Waals surface area contributed by atoms with E-state index < -0.39 is 17.6 Å². The highest BCUT2D eigenvalue weighted by atomic mass is 32.2. The third-order valence-corrected chi connectivity index (χ3v) is 11.5. The first-order valence-electron chi connectivity index (χ1n) is 16.7. The van der Waals surface area contributed by atoms with Crippen molar-refractivity contribution in [1.29, 1.82) is 0 Å². The molecule has 4 aromatic carbocycles. The van der Waals surface area contributed by atoms with Gasteiger partial charge in [-0.15, -0.1) is 0 Å². The first kappa shape index (κ1) is 38.5. The number of nitrogens with zero attached hydrogens (tertiary/aromatic N) is 1. The van der Waals surface area contributed by atoms with Gasteiger partial charge < -0.3 is 24.8 Å². The summed E-state index contributed by atoms with van der Waals surface area (Å²) in [5.41, 5.74) is 10.9. The predicted molar refractivity (Wildman–Crippen MR) is 197 cm³/mol. The molecule has 0 unspecified atom stereocenters. The highest BCUT2D eigenvalue weighted by Crippen LogP contribution is 2.53. The van der Waals surface area contributed by atoms with E-state index in [1.807, 2.05) is 98.8 Å². The van der Waals surface area contributed by atoms with Crippen molar-refractivity contribution in [2.45, 2.75) is 63.6 Å². The number of hydrogen-bond donors (Lipinski definition) is 2. The summed E-state index contributed by atoms with van der Waals surface area (Å²) < 4.78 is 59.4. The van der Waals surface area contributed by atoms with Gasteiger partial charge in [0.25, 0.3) is 0 Å². The van der Waals surface area contributed by atoms with E-state index in [-0.39, 0.29) is 36.2 Å². The Balaban J connectivity index is 1.29. The molecule has 0 radical (unpaired) electrons. The molecule has 0 fully saturated rings. The molecule has 0 saturated heterocycles. The molecule has 4 rings (SSSR count). The highest BCUT2D eigenvalue weighted by Gasteiger charge is 2.27. The van der Waals surface area contributed by atoms with Gasteiger partial charge >= 0.3 is 7.60 Å². The van der Waals surface area contributed by atoms with Crippen LogP contribution in [0.25, 0.3) is 0 Å². The van der Waals surface area contributed by atoms with Gasteiger partial charge in [-0.2, -0.15) is 4.31 Å². The molecule has 0 aromatic heterocycles. The molecular formula is C38H50N3O6PS. The standard InChI is InChI=1S/C38H50N3O6PS/c1-31(2)26-41(49(43,44)38-22-18-34(19-23-38)27-45-3)24-10-15-36(39)25-40-37-20-16-35(17-21-37)30-48(42,46-28-32-11-6-4-7-12-32)47-29-33-13-8-5-9-14-33/h4-9,11-14,16-23,31,36,40H,10,15,24-30,39H2,1-3H3/t36-/m1/s1. The van der Waals surface area contributed by atoms with E-state index in [1.54, 1.807) is 35.7 Å². The van der Waals surface area contributed by atoms with Crippen LogP contribution < -0.4 is 11.1 Å². The van der Waals surface area contributed by atoms with E-state index in [9.17, 15) is 13.0 Å². The average molecular weight is 708 g/mol. The minimum Gasteiger partial charge on any atom is -0.383 e. The average Bonchev–Trinajstić information content (AvgIpc) is 3.10. The quantitative estimate of drug-likeness (QED) is 0.0842. The number of nitrogens with two attached hydrogens (primary N) is 1. The van der Waals surface area contributed by atoms with Gasteiger partial charge in [0.2, 0.25) is 10.0 Å². The number of ether oxygens (including phenoxy) is 1. The molecule has 9 nitrogen and oxygen atoms in total. The third kappa shape index (κ3) is 12.8. The van der Waals surface area contributed by atoms with Crippen LogP contribution in [0.1, 0.15) is 48.9 Å². The van der Waals surface area contributed by atoms with Crippen LogP contribution >= 0.6 is 7.60 Å². The van der Waals surface area contributed by atoms with Crippen LogP contribution in [0, 0.1) is 5.92 Å². The lowest BCUT2D eigenvalue weighted by Gasteiger charge is -2.25. The van der Waals surface area contributed by atoms with Crippen molar-refractivity contribution in [3.8, 4) is 0 Å². The predicted octanol–water partition coefficient (Wildman–Crippen LogP) is 7.83. The molecule has 3 N–H and O–H groups in total. The summed E-state index contributed by atoms with van der Waals surface area (Å²) in [5, 5.41) is 3.37. The minimum atomic E-state index is -3.64. The second kappa shape index (κ2) is 19.2. The summed E-state index contributed by atoms with van der Waals surface area (Å²) in [6.07, 6.45) is 1.43. The van der Waals surface area contributed by atoms with Crippen LogP contribution in [-0.4, -0.2) is 45.5 Å². The number of methoxy groups -OCH3 is 1. The van der Waals surface area contributed by atoms with Crippen molar-refractivity contribution >= 4 is 23.3 Å². The van der Waals surface area contributed by atoms with E-state index in [4.69, 9.17) is 19.5 Å². The van der Waals surface area contributed by atoms with E-state index in [1.165, 1.54) is 0 Å². The van der Waals surface area contributed by atoms with Gasteiger partial charge in [-0.05, 0) is 65.3 Å². The van der Waals surface area contributed by atoms with E-state index in [0.717, 1.165) is 27.9 Å². The molecule has 0 bridgehead atoms. The van der Waals surface area contributed by atoms with Crippen LogP contribution in [0.2, 0.25) is 0 Å². The molecular weight excluding hydrogens is 657 g/mol. The Kier molecular flexibility index (Phi) is 15.0. The Hall–Kier alpha value is -3.34. The van der Waals surface area contributed by atoms with Gasteiger partial charge in [-0.3, -0.25) is 4.57 Å². The fourth-order valence-electron chi connectivity index (χ4n) is 5.25. The zero-order valence-electron chi connectivity index (χ0n) is 28.7. The summed E-state index contributed by atoms with van der Waals surface area (Å²) in [6.45, 7) is 6.18. The maximum Gasteiger partial charge on any atom is 0.335 e. The molecule has 0 aliphatic heterocycles. The third-order valence-electron chi connectivity index (χ3n) is 7.86. The molecule has 0 amide bonds. The summed E-state index contributed by atoms with van der Waals surface area (Å²) in [6, 6.07) is 33.6. The molecule has 49 heavy (non-hydrogen) atoms. The van der Waals surface area contributed by atoms with Crippen molar-refractivity contribution in [2.24, 2.45) is 11.7 Å². The van der Waals surface area contributed by atoms with Crippen LogP contribution in [0.3, 0.4) is 0 Å². The second-order valence-corrected chi connectivity index (χ2v) is 16.6. The number of hydrogen-bond acceptors (Lipinski definition) is 8. The van der Waals surface area contributed by atoms with Crippen molar-refractivity contribution in [2.75, 3.05) is 32.1 Å². The SMILES string of the molecule is COCc1ccc(S(=O)(=O)N(CCC[C@@H](N)CNc2ccc(CP(=O)(OCc3ccccc3)OCc3ccccc3)cc2)CC(C)C)cc1. The summed E-state index contributed by atoms with van der Waals surface area (Å²) in [7, 11) is -5.50. The number of nitrogens with one attached hydrogen (secondary N) is 1.